The number of piperidine rings is 1. The van der Waals surface area contributed by atoms with Crippen molar-refractivity contribution in [2.45, 2.75) is 57.0 Å². The minimum Gasteiger partial charge on any atom is -0.353 e. The first kappa shape index (κ1) is 21.8. The summed E-state index contributed by atoms with van der Waals surface area (Å²) >= 11 is 0. The molecule has 1 heterocycles. The Bertz CT molecular complexity index is 399. The van der Waals surface area contributed by atoms with E-state index in [2.05, 4.69) is 16.8 Å². The van der Waals surface area contributed by atoms with Gasteiger partial charge < -0.3 is 11.1 Å². The number of rotatable bonds is 4. The highest BCUT2D eigenvalue weighted by atomic mass is 35.5. The van der Waals surface area contributed by atoms with Crippen molar-refractivity contribution in [1.29, 1.82) is 0 Å². The van der Waals surface area contributed by atoms with Gasteiger partial charge in [0.2, 0.25) is 5.91 Å². The standard InChI is InChI=1S/C18H31N3O.2ClH/c1-2-8-21-9-6-16(7-10-21)20-18(22)15-11-13-4-3-5-14(12-15)17(13)19;;/h2,13-17H,1,3-12,19H2,(H,20,22);2*1H. The molecule has 24 heavy (non-hydrogen) atoms. The van der Waals surface area contributed by atoms with Crippen molar-refractivity contribution in [2.24, 2.45) is 23.5 Å². The number of hydrogen-bond acceptors (Lipinski definition) is 3. The lowest BCUT2D eigenvalue weighted by atomic mass is 9.65. The molecule has 0 aromatic carbocycles. The topological polar surface area (TPSA) is 58.4 Å². The summed E-state index contributed by atoms with van der Waals surface area (Å²) in [4.78, 5) is 15.0. The molecule has 3 N–H and O–H groups in total. The number of hydrogen-bond donors (Lipinski definition) is 2. The Labute approximate surface area is 158 Å². The predicted molar refractivity (Wildman–Crippen MR) is 104 cm³/mol. The van der Waals surface area contributed by atoms with E-state index in [-0.39, 0.29) is 30.7 Å². The highest BCUT2D eigenvalue weighted by molar-refractivity contribution is 5.85. The van der Waals surface area contributed by atoms with Crippen molar-refractivity contribution < 1.29 is 4.79 Å². The molecule has 2 saturated carbocycles. The van der Waals surface area contributed by atoms with Crippen molar-refractivity contribution in [2.75, 3.05) is 19.6 Å². The van der Waals surface area contributed by atoms with Crippen LogP contribution in [0.5, 0.6) is 0 Å². The van der Waals surface area contributed by atoms with Crippen molar-refractivity contribution in [1.82, 2.24) is 10.2 Å². The van der Waals surface area contributed by atoms with Crippen LogP contribution in [0.4, 0.5) is 0 Å². The van der Waals surface area contributed by atoms with E-state index in [1.807, 2.05) is 6.08 Å². The van der Waals surface area contributed by atoms with Crippen molar-refractivity contribution >= 4 is 30.7 Å². The van der Waals surface area contributed by atoms with Gasteiger partial charge in [-0.3, -0.25) is 9.69 Å². The highest BCUT2D eigenvalue weighted by Crippen LogP contribution is 2.41. The van der Waals surface area contributed by atoms with Crippen LogP contribution in [0.1, 0.15) is 44.9 Å². The molecule has 2 bridgehead atoms. The molecule has 3 rings (SSSR count). The summed E-state index contributed by atoms with van der Waals surface area (Å²) in [6.07, 6.45) is 9.87. The van der Waals surface area contributed by atoms with E-state index in [9.17, 15) is 4.79 Å². The van der Waals surface area contributed by atoms with Crippen molar-refractivity contribution in [3.8, 4) is 0 Å². The van der Waals surface area contributed by atoms with Crippen LogP contribution in [-0.4, -0.2) is 42.5 Å². The number of carbonyl (C=O) groups excluding carboxylic acids is 1. The Hall–Kier alpha value is -0.290. The summed E-state index contributed by atoms with van der Waals surface area (Å²) in [7, 11) is 0. The molecule has 0 spiro atoms. The highest BCUT2D eigenvalue weighted by Gasteiger charge is 2.40. The second kappa shape index (κ2) is 10.0. The van der Waals surface area contributed by atoms with E-state index in [1.54, 1.807) is 0 Å². The summed E-state index contributed by atoms with van der Waals surface area (Å²) in [6, 6.07) is 0.712. The van der Waals surface area contributed by atoms with Gasteiger partial charge >= 0.3 is 0 Å². The van der Waals surface area contributed by atoms with Gasteiger partial charge in [-0.2, -0.15) is 0 Å². The number of nitrogens with one attached hydrogen (secondary N) is 1. The second-order valence-electron chi connectivity index (χ2n) is 7.57. The summed E-state index contributed by atoms with van der Waals surface area (Å²) < 4.78 is 0. The third-order valence-electron chi connectivity index (χ3n) is 6.11. The normalized spacial score (nSPS) is 33.7. The lowest BCUT2D eigenvalue weighted by Crippen LogP contribution is -2.51. The maximum absolute atomic E-state index is 12.6. The quantitative estimate of drug-likeness (QED) is 0.740. The lowest BCUT2D eigenvalue weighted by Gasteiger charge is -2.44. The SMILES string of the molecule is C=CCN1CCC(NC(=O)C2CC3CCCC(C2)C3N)CC1.Cl.Cl. The minimum atomic E-state index is 0. The molecular formula is C18H33Cl2N3O. The molecule has 1 saturated heterocycles. The van der Waals surface area contributed by atoms with E-state index in [0.717, 1.165) is 45.3 Å². The van der Waals surface area contributed by atoms with Gasteiger partial charge in [-0.25, -0.2) is 0 Å². The van der Waals surface area contributed by atoms with Crippen LogP contribution in [0.15, 0.2) is 12.7 Å². The first-order chi connectivity index (χ1) is 10.7. The molecule has 140 valence electrons. The fourth-order valence-electron chi connectivity index (χ4n) is 4.76. The third kappa shape index (κ3) is 5.10. The number of amides is 1. The maximum Gasteiger partial charge on any atom is 0.223 e. The van der Waals surface area contributed by atoms with Gasteiger partial charge in [-0.1, -0.05) is 12.5 Å². The van der Waals surface area contributed by atoms with E-state index < -0.39 is 0 Å². The fraction of sp³-hybridized carbons (Fsp3) is 0.833. The molecule has 2 atom stereocenters. The zero-order valence-electron chi connectivity index (χ0n) is 14.5. The average molecular weight is 378 g/mol. The Kier molecular flexibility index (Phi) is 9.07. The average Bonchev–Trinajstić information content (AvgIpc) is 2.49. The summed E-state index contributed by atoms with van der Waals surface area (Å²) in [5.41, 5.74) is 6.33. The van der Waals surface area contributed by atoms with Crippen LogP contribution in [0, 0.1) is 17.8 Å². The Balaban J connectivity index is 0.00000144. The number of likely N-dealkylation sites (tertiary alicyclic amines) is 1. The largest absolute Gasteiger partial charge is 0.353 e. The van der Waals surface area contributed by atoms with Gasteiger partial charge in [0.25, 0.3) is 0 Å². The molecule has 3 fully saturated rings. The fourth-order valence-corrected chi connectivity index (χ4v) is 4.76. The molecule has 6 heteroatoms. The molecule has 1 aliphatic heterocycles. The number of fused-ring (bicyclic) bond motifs is 2. The second-order valence-corrected chi connectivity index (χ2v) is 7.57. The van der Waals surface area contributed by atoms with Crippen LogP contribution in [-0.2, 0) is 4.79 Å². The Morgan fingerprint density at radius 3 is 2.25 bits per heavy atom. The summed E-state index contributed by atoms with van der Waals surface area (Å²) in [5.74, 6) is 1.67. The molecule has 4 nitrogen and oxygen atoms in total. The maximum atomic E-state index is 12.6. The van der Waals surface area contributed by atoms with Crippen molar-refractivity contribution in [3.63, 3.8) is 0 Å². The van der Waals surface area contributed by atoms with Gasteiger partial charge in [0.05, 0.1) is 0 Å². The Morgan fingerprint density at radius 2 is 1.71 bits per heavy atom. The van der Waals surface area contributed by atoms with E-state index in [1.165, 1.54) is 19.3 Å². The van der Waals surface area contributed by atoms with E-state index >= 15 is 0 Å². The van der Waals surface area contributed by atoms with Gasteiger partial charge in [0.15, 0.2) is 0 Å². The molecule has 1 amide bonds. The molecule has 2 aliphatic carbocycles. The van der Waals surface area contributed by atoms with Gasteiger partial charge in [-0.05, 0) is 50.4 Å². The monoisotopic (exact) mass is 377 g/mol. The van der Waals surface area contributed by atoms with Gasteiger partial charge in [-0.15, -0.1) is 31.4 Å². The van der Waals surface area contributed by atoms with E-state index in [4.69, 9.17) is 5.73 Å². The third-order valence-corrected chi connectivity index (χ3v) is 6.11. The molecular weight excluding hydrogens is 345 g/mol. The number of nitrogens with zero attached hydrogens (tertiary/aromatic N) is 1. The molecule has 0 radical (unpaired) electrons. The number of halogens is 2. The first-order valence-corrected chi connectivity index (χ1v) is 9.06. The number of carbonyl (C=O) groups is 1. The molecule has 0 aromatic heterocycles. The number of nitrogens with two attached hydrogens (primary N) is 1. The minimum absolute atomic E-state index is 0. The predicted octanol–water partition coefficient (Wildman–Crippen LogP) is 2.75. The van der Waals surface area contributed by atoms with Gasteiger partial charge in [0, 0.05) is 37.6 Å². The summed E-state index contributed by atoms with van der Waals surface area (Å²) in [5, 5.41) is 3.32. The smallest absolute Gasteiger partial charge is 0.223 e. The zero-order valence-corrected chi connectivity index (χ0v) is 16.1. The van der Waals surface area contributed by atoms with Crippen LogP contribution < -0.4 is 11.1 Å². The summed E-state index contributed by atoms with van der Waals surface area (Å²) in [6.45, 7) is 6.89. The Morgan fingerprint density at radius 1 is 1.12 bits per heavy atom. The van der Waals surface area contributed by atoms with Crippen LogP contribution in [0.25, 0.3) is 0 Å². The van der Waals surface area contributed by atoms with Gasteiger partial charge in [0.1, 0.15) is 0 Å². The molecule has 3 aliphatic rings. The molecule has 2 unspecified atom stereocenters. The van der Waals surface area contributed by atoms with Crippen molar-refractivity contribution in [3.05, 3.63) is 12.7 Å². The van der Waals surface area contributed by atoms with Crippen LogP contribution >= 0.6 is 24.8 Å². The zero-order chi connectivity index (χ0) is 15.5. The lowest BCUT2D eigenvalue weighted by molar-refractivity contribution is -0.129. The first-order valence-electron chi connectivity index (χ1n) is 9.06. The van der Waals surface area contributed by atoms with E-state index in [0.29, 0.717) is 29.8 Å². The molecule has 0 aromatic rings. The van der Waals surface area contributed by atoms with Crippen LogP contribution in [0.2, 0.25) is 0 Å². The van der Waals surface area contributed by atoms with Crippen LogP contribution in [0.3, 0.4) is 0 Å².